The van der Waals surface area contributed by atoms with E-state index >= 15 is 0 Å². The Morgan fingerprint density at radius 3 is 2.40 bits per heavy atom. The maximum Gasteiger partial charge on any atom is 0.328 e. The summed E-state index contributed by atoms with van der Waals surface area (Å²) in [5.74, 6) is -0.541. The number of halogens is 3. The lowest BCUT2D eigenvalue weighted by Crippen LogP contribution is -2.43. The van der Waals surface area contributed by atoms with Gasteiger partial charge in [-0.15, -0.1) is 0 Å². The second-order valence-electron chi connectivity index (χ2n) is 8.61. The van der Waals surface area contributed by atoms with Crippen molar-refractivity contribution in [1.29, 1.82) is 0 Å². The van der Waals surface area contributed by atoms with Crippen LogP contribution in [0.15, 0.2) is 73.3 Å². The van der Waals surface area contributed by atoms with Crippen molar-refractivity contribution in [2.45, 2.75) is 19.4 Å². The van der Waals surface area contributed by atoms with Gasteiger partial charge in [0.05, 0.1) is 22.2 Å². The SMILES string of the molecule is CCOC(=O)[C@H](Cc1ccc(-n2c(-c3ccc(Cl)nc3)nc3cccnc32)cc1)NC(=O)c1c(Cl)cncc1Cl. The number of ether oxygens (including phenoxy) is 1. The second kappa shape index (κ2) is 12.0. The largest absolute Gasteiger partial charge is 0.464 e. The smallest absolute Gasteiger partial charge is 0.328 e. The Kier molecular flexibility index (Phi) is 8.25. The summed E-state index contributed by atoms with van der Waals surface area (Å²) in [7, 11) is 0. The van der Waals surface area contributed by atoms with Crippen LogP contribution < -0.4 is 5.32 Å². The van der Waals surface area contributed by atoms with E-state index in [-0.39, 0.29) is 28.6 Å². The van der Waals surface area contributed by atoms with E-state index in [1.807, 2.05) is 47.0 Å². The Hall–Kier alpha value is -4.05. The molecular weight excluding hydrogens is 575 g/mol. The molecule has 1 aromatic carbocycles. The molecule has 9 nitrogen and oxygen atoms in total. The third-order valence-corrected chi connectivity index (χ3v) is 6.79. The number of fused-ring (bicyclic) bond motifs is 1. The molecule has 0 bridgehead atoms. The minimum Gasteiger partial charge on any atom is -0.464 e. The van der Waals surface area contributed by atoms with Gasteiger partial charge in [-0.1, -0.05) is 46.9 Å². The molecule has 12 heteroatoms. The van der Waals surface area contributed by atoms with Gasteiger partial charge in [-0.3, -0.25) is 14.3 Å². The van der Waals surface area contributed by atoms with E-state index in [9.17, 15) is 9.59 Å². The highest BCUT2D eigenvalue weighted by atomic mass is 35.5. The lowest BCUT2D eigenvalue weighted by Gasteiger charge is -2.18. The molecule has 4 heterocycles. The summed E-state index contributed by atoms with van der Waals surface area (Å²) in [6, 6.07) is 13.8. The molecule has 0 saturated heterocycles. The number of carbonyl (C=O) groups excluding carboxylic acids is 2. The number of nitrogens with zero attached hydrogens (tertiary/aromatic N) is 5. The Bertz CT molecular complexity index is 1670. The zero-order valence-corrected chi connectivity index (χ0v) is 23.3. The average molecular weight is 596 g/mol. The van der Waals surface area contributed by atoms with E-state index in [1.54, 1.807) is 25.4 Å². The van der Waals surface area contributed by atoms with Crippen molar-refractivity contribution >= 4 is 57.8 Å². The first-order valence-electron chi connectivity index (χ1n) is 12.2. The van der Waals surface area contributed by atoms with Crippen molar-refractivity contribution < 1.29 is 14.3 Å². The summed E-state index contributed by atoms with van der Waals surface area (Å²) in [6.45, 7) is 1.85. The van der Waals surface area contributed by atoms with E-state index in [2.05, 4.69) is 20.3 Å². The van der Waals surface area contributed by atoms with Crippen LogP contribution >= 0.6 is 34.8 Å². The first-order valence-corrected chi connectivity index (χ1v) is 13.3. The fraction of sp³-hybridized carbons (Fsp3) is 0.143. The molecule has 40 heavy (non-hydrogen) atoms. The van der Waals surface area contributed by atoms with Gasteiger partial charge in [0.2, 0.25) is 0 Å². The number of imidazole rings is 1. The van der Waals surface area contributed by atoms with E-state index in [0.717, 1.165) is 22.3 Å². The van der Waals surface area contributed by atoms with Crippen molar-refractivity contribution in [3.8, 4) is 17.1 Å². The molecule has 4 aromatic heterocycles. The van der Waals surface area contributed by atoms with Gasteiger partial charge in [-0.05, 0) is 48.9 Å². The quantitative estimate of drug-likeness (QED) is 0.180. The standard InChI is InChI=1S/C28H21Cl3N6O3/c1-2-40-28(39)22(36-27(38)24-19(29)14-32-15-20(24)30)12-16-5-8-18(9-6-16)37-25(17-7-10-23(31)34-13-17)35-21-4-3-11-33-26(21)37/h3-11,13-15,22H,2,12H2,1H3,(H,36,38)/t22-/m0/s1. The highest BCUT2D eigenvalue weighted by Gasteiger charge is 2.26. The van der Waals surface area contributed by atoms with Crippen LogP contribution in [0, 0.1) is 0 Å². The van der Waals surface area contributed by atoms with Crippen LogP contribution in [0.5, 0.6) is 0 Å². The van der Waals surface area contributed by atoms with Gasteiger partial charge < -0.3 is 10.1 Å². The Morgan fingerprint density at radius 1 is 0.975 bits per heavy atom. The van der Waals surface area contributed by atoms with Gasteiger partial charge in [0.25, 0.3) is 5.91 Å². The summed E-state index contributed by atoms with van der Waals surface area (Å²) >= 11 is 18.3. The maximum atomic E-state index is 13.0. The lowest BCUT2D eigenvalue weighted by molar-refractivity contribution is -0.145. The van der Waals surface area contributed by atoms with Crippen LogP contribution in [0.2, 0.25) is 15.2 Å². The number of amides is 1. The highest BCUT2D eigenvalue weighted by molar-refractivity contribution is 6.39. The fourth-order valence-corrected chi connectivity index (χ4v) is 4.82. The van der Waals surface area contributed by atoms with Gasteiger partial charge in [0.15, 0.2) is 5.65 Å². The van der Waals surface area contributed by atoms with Crippen molar-refractivity contribution in [3.05, 3.63) is 99.6 Å². The molecule has 1 atom stereocenters. The molecule has 0 aliphatic heterocycles. The predicted molar refractivity (Wildman–Crippen MR) is 153 cm³/mol. The third kappa shape index (κ3) is 5.77. The normalized spacial score (nSPS) is 11.8. The van der Waals surface area contributed by atoms with E-state index in [4.69, 9.17) is 44.5 Å². The molecule has 0 unspecified atom stereocenters. The molecule has 0 aliphatic carbocycles. The number of aromatic nitrogens is 5. The molecule has 0 aliphatic rings. The molecule has 202 valence electrons. The number of rotatable bonds is 8. The Morgan fingerprint density at radius 2 is 1.73 bits per heavy atom. The molecule has 0 fully saturated rings. The predicted octanol–water partition coefficient (Wildman–Crippen LogP) is 5.74. The molecule has 0 saturated carbocycles. The second-order valence-corrected chi connectivity index (χ2v) is 9.82. The van der Waals surface area contributed by atoms with E-state index < -0.39 is 17.9 Å². The van der Waals surface area contributed by atoms with Crippen LogP contribution in [-0.4, -0.2) is 49.0 Å². The zero-order valence-electron chi connectivity index (χ0n) is 21.0. The van der Waals surface area contributed by atoms with Crippen LogP contribution in [-0.2, 0) is 16.0 Å². The van der Waals surface area contributed by atoms with Crippen molar-refractivity contribution in [1.82, 2.24) is 29.8 Å². The van der Waals surface area contributed by atoms with Crippen molar-refractivity contribution in [2.75, 3.05) is 6.61 Å². The maximum absolute atomic E-state index is 13.0. The van der Waals surface area contributed by atoms with Gasteiger partial charge in [0.1, 0.15) is 22.5 Å². The third-order valence-electron chi connectivity index (χ3n) is 5.99. The van der Waals surface area contributed by atoms with Gasteiger partial charge >= 0.3 is 5.97 Å². The fourth-order valence-electron chi connectivity index (χ4n) is 4.17. The summed E-state index contributed by atoms with van der Waals surface area (Å²) in [5, 5.41) is 3.22. The first kappa shape index (κ1) is 27.5. The molecule has 0 spiro atoms. The topological polar surface area (TPSA) is 112 Å². The summed E-state index contributed by atoms with van der Waals surface area (Å²) < 4.78 is 7.13. The Balaban J connectivity index is 1.45. The monoisotopic (exact) mass is 594 g/mol. The van der Waals surface area contributed by atoms with Gasteiger partial charge in [-0.25, -0.2) is 19.7 Å². The van der Waals surface area contributed by atoms with Crippen LogP contribution in [0.4, 0.5) is 0 Å². The number of esters is 1. The molecule has 1 amide bonds. The zero-order chi connectivity index (χ0) is 28.2. The number of hydrogen-bond donors (Lipinski definition) is 1. The summed E-state index contributed by atoms with van der Waals surface area (Å²) in [6.07, 6.45) is 6.14. The minimum atomic E-state index is -0.981. The van der Waals surface area contributed by atoms with Gasteiger partial charge in [0, 0.05) is 42.5 Å². The summed E-state index contributed by atoms with van der Waals surface area (Å²) in [5.41, 5.74) is 3.76. The molecule has 1 N–H and O–H groups in total. The van der Waals surface area contributed by atoms with E-state index in [0.29, 0.717) is 16.6 Å². The lowest BCUT2D eigenvalue weighted by atomic mass is 10.0. The van der Waals surface area contributed by atoms with Crippen LogP contribution in [0.3, 0.4) is 0 Å². The number of carbonyl (C=O) groups is 2. The summed E-state index contributed by atoms with van der Waals surface area (Å²) in [4.78, 5) is 43.1. The van der Waals surface area contributed by atoms with E-state index in [1.165, 1.54) is 12.4 Å². The number of pyridine rings is 3. The molecule has 5 aromatic rings. The highest BCUT2D eigenvalue weighted by Crippen LogP contribution is 2.28. The molecule has 5 rings (SSSR count). The Labute approximate surface area is 244 Å². The van der Waals surface area contributed by atoms with Crippen molar-refractivity contribution in [3.63, 3.8) is 0 Å². The number of nitrogens with one attached hydrogen (secondary N) is 1. The number of benzene rings is 1. The first-order chi connectivity index (χ1) is 19.4. The molecule has 0 radical (unpaired) electrons. The van der Waals surface area contributed by atoms with Crippen LogP contribution in [0.25, 0.3) is 28.2 Å². The minimum absolute atomic E-state index is 0.0340. The van der Waals surface area contributed by atoms with Crippen LogP contribution in [0.1, 0.15) is 22.8 Å². The van der Waals surface area contributed by atoms with Gasteiger partial charge in [-0.2, -0.15) is 0 Å². The van der Waals surface area contributed by atoms with Crippen molar-refractivity contribution in [2.24, 2.45) is 0 Å². The average Bonchev–Trinajstić information content (AvgIpc) is 3.33. The number of hydrogen-bond acceptors (Lipinski definition) is 7. The molecular formula is C28H21Cl3N6O3.